The van der Waals surface area contributed by atoms with Crippen LogP contribution in [0.4, 0.5) is 0 Å². The fraction of sp³-hybridized carbons (Fsp3) is 0.400. The molecule has 6 heteroatoms. The lowest BCUT2D eigenvalue weighted by atomic mass is 10.3. The van der Waals surface area contributed by atoms with Crippen LogP contribution in [0.1, 0.15) is 26.3 Å². The van der Waals surface area contributed by atoms with E-state index in [2.05, 4.69) is 25.3 Å². The van der Waals surface area contributed by atoms with Crippen molar-refractivity contribution in [1.82, 2.24) is 4.98 Å². The Kier molecular flexibility index (Phi) is 4.64. The van der Waals surface area contributed by atoms with Crippen molar-refractivity contribution in [1.29, 1.82) is 0 Å². The zero-order valence-corrected chi connectivity index (χ0v) is 12.4. The molecule has 0 saturated carbocycles. The maximum atomic E-state index is 11.7. The van der Waals surface area contributed by atoms with Crippen molar-refractivity contribution in [2.75, 3.05) is 0 Å². The molecule has 0 bridgehead atoms. The van der Waals surface area contributed by atoms with Crippen molar-refractivity contribution in [3.63, 3.8) is 0 Å². The van der Waals surface area contributed by atoms with E-state index < -0.39 is 11.0 Å². The highest BCUT2D eigenvalue weighted by atomic mass is 79.9. The van der Waals surface area contributed by atoms with Crippen molar-refractivity contribution in [3.05, 3.63) is 27.5 Å². The van der Waals surface area contributed by atoms with Crippen LogP contribution >= 0.6 is 27.5 Å². The number of aromatic nitrogens is 1. The Morgan fingerprint density at radius 1 is 1.50 bits per heavy atom. The molecular formula is C10H12BrClN2OS. The van der Waals surface area contributed by atoms with E-state index in [0.29, 0.717) is 15.1 Å². The lowest BCUT2D eigenvalue weighted by Gasteiger charge is -2.12. The standard InChI is InChI=1S/C10H12BrClN2OS/c1-10(2,3)16(15)14-5-7-4-13-6-8(11)9(7)12/h4-6H,1-3H3/t16-/m1/s1. The van der Waals surface area contributed by atoms with E-state index in [1.165, 1.54) is 6.21 Å². The smallest absolute Gasteiger partial charge is 0.144 e. The number of hydrogen-bond donors (Lipinski definition) is 0. The van der Waals surface area contributed by atoms with E-state index in [4.69, 9.17) is 11.6 Å². The van der Waals surface area contributed by atoms with Crippen LogP contribution in [0.15, 0.2) is 21.3 Å². The average molecular weight is 324 g/mol. The minimum absolute atomic E-state index is 0.373. The summed E-state index contributed by atoms with van der Waals surface area (Å²) in [5.41, 5.74) is 0.647. The van der Waals surface area contributed by atoms with Gasteiger partial charge in [-0.3, -0.25) is 4.98 Å². The second-order valence-corrected chi connectivity index (χ2v) is 7.29. The van der Waals surface area contributed by atoms with E-state index in [1.807, 2.05) is 20.8 Å². The van der Waals surface area contributed by atoms with Crippen LogP contribution in [0.25, 0.3) is 0 Å². The molecule has 0 radical (unpaired) electrons. The first kappa shape index (κ1) is 13.8. The van der Waals surface area contributed by atoms with Crippen molar-refractivity contribution in [3.8, 4) is 0 Å². The monoisotopic (exact) mass is 322 g/mol. The van der Waals surface area contributed by atoms with E-state index >= 15 is 0 Å². The first-order chi connectivity index (χ1) is 7.32. The molecule has 1 heterocycles. The fourth-order valence-electron chi connectivity index (χ4n) is 0.787. The van der Waals surface area contributed by atoms with Crippen LogP contribution in [-0.2, 0) is 11.0 Å². The zero-order chi connectivity index (χ0) is 12.3. The van der Waals surface area contributed by atoms with Crippen molar-refractivity contribution >= 4 is 44.7 Å². The molecular weight excluding hydrogens is 312 g/mol. The molecule has 1 aromatic heterocycles. The topological polar surface area (TPSA) is 42.3 Å². The van der Waals surface area contributed by atoms with E-state index in [1.54, 1.807) is 12.4 Å². The normalized spacial score (nSPS) is 14.3. The largest absolute Gasteiger partial charge is 0.263 e. The van der Waals surface area contributed by atoms with Gasteiger partial charge in [0.25, 0.3) is 0 Å². The molecule has 1 aromatic rings. The predicted octanol–water partition coefficient (Wildman–Crippen LogP) is 3.38. The summed E-state index contributed by atoms with van der Waals surface area (Å²) in [4.78, 5) is 3.96. The van der Waals surface area contributed by atoms with E-state index in [9.17, 15) is 4.21 Å². The highest BCUT2D eigenvalue weighted by Gasteiger charge is 2.18. The summed E-state index contributed by atoms with van der Waals surface area (Å²) in [6.45, 7) is 5.59. The quantitative estimate of drug-likeness (QED) is 0.783. The molecule has 0 saturated heterocycles. The number of rotatable bonds is 2. The van der Waals surface area contributed by atoms with Gasteiger partial charge in [0.05, 0.1) is 14.2 Å². The molecule has 0 aromatic carbocycles. The minimum atomic E-state index is -1.28. The van der Waals surface area contributed by atoms with Gasteiger partial charge < -0.3 is 0 Å². The second-order valence-electron chi connectivity index (χ2n) is 4.12. The third-order valence-corrected chi connectivity index (χ3v) is 4.27. The van der Waals surface area contributed by atoms with Gasteiger partial charge in [0.2, 0.25) is 0 Å². The molecule has 88 valence electrons. The van der Waals surface area contributed by atoms with Gasteiger partial charge in [-0.15, -0.1) is 0 Å². The van der Waals surface area contributed by atoms with Crippen LogP contribution in [0.2, 0.25) is 5.02 Å². The molecule has 0 aliphatic carbocycles. The third-order valence-electron chi connectivity index (χ3n) is 1.68. The molecule has 0 N–H and O–H groups in total. The molecule has 1 rings (SSSR count). The molecule has 0 amide bonds. The van der Waals surface area contributed by atoms with Crippen molar-refractivity contribution in [2.45, 2.75) is 25.5 Å². The van der Waals surface area contributed by atoms with Gasteiger partial charge in [-0.1, -0.05) is 11.6 Å². The first-order valence-electron chi connectivity index (χ1n) is 4.57. The molecule has 0 fully saturated rings. The van der Waals surface area contributed by atoms with Crippen LogP contribution < -0.4 is 0 Å². The Bertz CT molecular complexity index is 443. The minimum Gasteiger partial charge on any atom is -0.263 e. The van der Waals surface area contributed by atoms with Crippen LogP contribution in [-0.4, -0.2) is 20.2 Å². The van der Waals surface area contributed by atoms with Gasteiger partial charge in [-0.2, -0.15) is 4.40 Å². The first-order valence-corrected chi connectivity index (χ1v) is 6.85. The van der Waals surface area contributed by atoms with Gasteiger partial charge in [-0.25, -0.2) is 4.21 Å². The summed E-state index contributed by atoms with van der Waals surface area (Å²) < 4.78 is 16.0. The van der Waals surface area contributed by atoms with Gasteiger partial charge in [0.15, 0.2) is 0 Å². The van der Waals surface area contributed by atoms with Gasteiger partial charge in [0, 0.05) is 24.2 Å². The molecule has 16 heavy (non-hydrogen) atoms. The Labute approximate surface area is 111 Å². The third kappa shape index (κ3) is 3.64. The molecule has 0 unspecified atom stereocenters. The molecule has 0 aliphatic heterocycles. The summed E-state index contributed by atoms with van der Waals surface area (Å²) in [6, 6.07) is 0. The second kappa shape index (κ2) is 5.38. The number of hydrogen-bond acceptors (Lipinski definition) is 2. The highest BCUT2D eigenvalue weighted by Crippen LogP contribution is 2.23. The lowest BCUT2D eigenvalue weighted by molar-refractivity contribution is 0.651. The Morgan fingerprint density at radius 2 is 2.12 bits per heavy atom. The number of nitrogens with zero attached hydrogens (tertiary/aromatic N) is 2. The lowest BCUT2D eigenvalue weighted by Crippen LogP contribution is -2.19. The Hall–Kier alpha value is -0.260. The Morgan fingerprint density at radius 3 is 2.69 bits per heavy atom. The van der Waals surface area contributed by atoms with Crippen LogP contribution in [0, 0.1) is 0 Å². The summed E-state index contributed by atoms with van der Waals surface area (Å²) in [6.07, 6.45) is 4.66. The van der Waals surface area contributed by atoms with Crippen molar-refractivity contribution in [2.24, 2.45) is 4.40 Å². The zero-order valence-electron chi connectivity index (χ0n) is 9.20. The average Bonchev–Trinajstić information content (AvgIpc) is 2.18. The van der Waals surface area contributed by atoms with Crippen LogP contribution in [0.5, 0.6) is 0 Å². The highest BCUT2D eigenvalue weighted by molar-refractivity contribution is 9.10. The fourth-order valence-corrected chi connectivity index (χ4v) is 1.81. The molecule has 3 nitrogen and oxygen atoms in total. The van der Waals surface area contributed by atoms with Crippen LogP contribution in [0.3, 0.4) is 0 Å². The summed E-state index contributed by atoms with van der Waals surface area (Å²) in [5.74, 6) is 0. The SMILES string of the molecule is CC(C)(C)[S@@](=O)N=Cc1cncc(Br)c1Cl. The summed E-state index contributed by atoms with van der Waals surface area (Å²) in [7, 11) is -1.28. The number of pyridine rings is 1. The van der Waals surface area contributed by atoms with Crippen molar-refractivity contribution < 1.29 is 4.21 Å². The predicted molar refractivity (Wildman–Crippen MR) is 72.4 cm³/mol. The summed E-state index contributed by atoms with van der Waals surface area (Å²) in [5, 5.41) is 0.518. The summed E-state index contributed by atoms with van der Waals surface area (Å²) >= 11 is 9.27. The van der Waals surface area contributed by atoms with E-state index in [0.717, 1.165) is 0 Å². The Balaban J connectivity index is 2.94. The number of halogens is 2. The maximum absolute atomic E-state index is 11.7. The van der Waals surface area contributed by atoms with Gasteiger partial charge in [-0.05, 0) is 36.7 Å². The molecule has 0 spiro atoms. The molecule has 1 atom stereocenters. The van der Waals surface area contributed by atoms with Gasteiger partial charge in [0.1, 0.15) is 11.0 Å². The van der Waals surface area contributed by atoms with E-state index in [-0.39, 0.29) is 4.75 Å². The maximum Gasteiger partial charge on any atom is 0.144 e. The molecule has 0 aliphatic rings. The van der Waals surface area contributed by atoms with Gasteiger partial charge >= 0.3 is 0 Å².